The van der Waals surface area contributed by atoms with E-state index in [4.69, 9.17) is 16.9 Å². The summed E-state index contributed by atoms with van der Waals surface area (Å²) in [6, 6.07) is 6.91. The molecule has 0 aliphatic heterocycles. The summed E-state index contributed by atoms with van der Waals surface area (Å²) in [5.74, 6) is -0.439. The van der Waals surface area contributed by atoms with E-state index in [1.54, 1.807) is 6.07 Å². The van der Waals surface area contributed by atoms with E-state index in [1.165, 1.54) is 12.1 Å². The maximum Gasteiger partial charge on any atom is 0.142 e. The molecule has 72 valence electrons. The molecule has 1 fully saturated rings. The molecule has 0 bridgehead atoms. The molecule has 0 aromatic heterocycles. The topological polar surface area (TPSA) is 23.8 Å². The van der Waals surface area contributed by atoms with Gasteiger partial charge in [-0.25, -0.2) is 4.39 Å². The van der Waals surface area contributed by atoms with Crippen LogP contribution in [0.5, 0.6) is 0 Å². The van der Waals surface area contributed by atoms with Crippen molar-refractivity contribution in [2.75, 3.05) is 0 Å². The third kappa shape index (κ3) is 1.29. The second kappa shape index (κ2) is 3.25. The first kappa shape index (κ1) is 9.48. The Morgan fingerprint density at radius 3 is 2.57 bits per heavy atom. The lowest BCUT2D eigenvalue weighted by molar-refractivity contribution is 0.323. The Labute approximate surface area is 87.1 Å². The SMILES string of the molecule is N#CC1(c2ccc(Cl)c(F)c2)CCC1. The van der Waals surface area contributed by atoms with Crippen molar-refractivity contribution in [3.05, 3.63) is 34.6 Å². The standard InChI is InChI=1S/C11H9ClFN/c12-9-3-2-8(6-10(9)13)11(7-14)4-1-5-11/h2-3,6H,1,4-5H2. The Balaban J connectivity index is 2.42. The molecule has 1 aromatic rings. The summed E-state index contributed by atoms with van der Waals surface area (Å²) in [4.78, 5) is 0. The van der Waals surface area contributed by atoms with Gasteiger partial charge in [0, 0.05) is 0 Å². The van der Waals surface area contributed by atoms with Crippen molar-refractivity contribution in [1.29, 1.82) is 5.26 Å². The summed E-state index contributed by atoms with van der Waals surface area (Å²) in [6.45, 7) is 0. The second-order valence-electron chi connectivity index (χ2n) is 3.68. The van der Waals surface area contributed by atoms with Crippen molar-refractivity contribution < 1.29 is 4.39 Å². The van der Waals surface area contributed by atoms with Gasteiger partial charge < -0.3 is 0 Å². The van der Waals surface area contributed by atoms with E-state index in [1.807, 2.05) is 0 Å². The number of nitrogens with zero attached hydrogens (tertiary/aromatic N) is 1. The van der Waals surface area contributed by atoms with Crippen LogP contribution in [-0.2, 0) is 5.41 Å². The summed E-state index contributed by atoms with van der Waals surface area (Å²) < 4.78 is 13.2. The molecule has 1 aromatic carbocycles. The molecule has 2 rings (SSSR count). The maximum atomic E-state index is 13.2. The number of halogens is 2. The molecule has 0 N–H and O–H groups in total. The number of rotatable bonds is 1. The smallest absolute Gasteiger partial charge is 0.142 e. The fourth-order valence-electron chi connectivity index (χ4n) is 1.79. The molecular formula is C11H9ClFN. The lowest BCUT2D eigenvalue weighted by atomic mass is 9.65. The van der Waals surface area contributed by atoms with Gasteiger partial charge in [-0.3, -0.25) is 0 Å². The van der Waals surface area contributed by atoms with Crippen LogP contribution in [0.25, 0.3) is 0 Å². The van der Waals surface area contributed by atoms with E-state index in [0.717, 1.165) is 24.8 Å². The van der Waals surface area contributed by atoms with Crippen molar-refractivity contribution in [1.82, 2.24) is 0 Å². The Morgan fingerprint density at radius 2 is 2.14 bits per heavy atom. The molecular weight excluding hydrogens is 201 g/mol. The van der Waals surface area contributed by atoms with Crippen LogP contribution in [0.15, 0.2) is 18.2 Å². The van der Waals surface area contributed by atoms with Gasteiger partial charge in [-0.2, -0.15) is 5.26 Å². The molecule has 14 heavy (non-hydrogen) atoms. The van der Waals surface area contributed by atoms with Crippen molar-refractivity contribution in [3.63, 3.8) is 0 Å². The third-order valence-electron chi connectivity index (χ3n) is 2.89. The highest BCUT2D eigenvalue weighted by molar-refractivity contribution is 6.30. The fraction of sp³-hybridized carbons (Fsp3) is 0.364. The first-order chi connectivity index (χ1) is 6.68. The van der Waals surface area contributed by atoms with Crippen molar-refractivity contribution in [2.45, 2.75) is 24.7 Å². The van der Waals surface area contributed by atoms with E-state index < -0.39 is 11.2 Å². The van der Waals surface area contributed by atoms with Gasteiger partial charge in [0.2, 0.25) is 0 Å². The summed E-state index contributed by atoms with van der Waals surface area (Å²) >= 11 is 5.58. The minimum absolute atomic E-state index is 0.112. The first-order valence-corrected chi connectivity index (χ1v) is 4.92. The molecule has 1 nitrogen and oxygen atoms in total. The third-order valence-corrected chi connectivity index (χ3v) is 3.20. The average molecular weight is 210 g/mol. The van der Waals surface area contributed by atoms with Gasteiger partial charge >= 0.3 is 0 Å². The Kier molecular flexibility index (Phi) is 2.20. The Bertz CT molecular complexity index is 404. The highest BCUT2D eigenvalue weighted by atomic mass is 35.5. The Morgan fingerprint density at radius 1 is 1.43 bits per heavy atom. The maximum absolute atomic E-state index is 13.2. The predicted octanol–water partition coefficient (Wildman–Crippen LogP) is 3.42. The number of hydrogen-bond donors (Lipinski definition) is 0. The van der Waals surface area contributed by atoms with E-state index in [9.17, 15) is 4.39 Å². The van der Waals surface area contributed by atoms with Crippen LogP contribution in [0, 0.1) is 17.1 Å². The van der Waals surface area contributed by atoms with Crippen molar-refractivity contribution in [2.24, 2.45) is 0 Å². The van der Waals surface area contributed by atoms with Crippen LogP contribution in [-0.4, -0.2) is 0 Å². The zero-order valence-electron chi connectivity index (χ0n) is 7.56. The van der Waals surface area contributed by atoms with Crippen molar-refractivity contribution in [3.8, 4) is 6.07 Å². The fourth-order valence-corrected chi connectivity index (χ4v) is 1.91. The van der Waals surface area contributed by atoms with Gasteiger partial charge in [-0.1, -0.05) is 17.7 Å². The van der Waals surface area contributed by atoms with E-state index in [0.29, 0.717) is 0 Å². The molecule has 0 unspecified atom stereocenters. The molecule has 0 amide bonds. The number of nitriles is 1. The summed E-state index contributed by atoms with van der Waals surface area (Å²) in [7, 11) is 0. The van der Waals surface area contributed by atoms with Crippen molar-refractivity contribution >= 4 is 11.6 Å². The monoisotopic (exact) mass is 209 g/mol. The van der Waals surface area contributed by atoms with Gasteiger partial charge in [0.05, 0.1) is 16.5 Å². The van der Waals surface area contributed by atoms with E-state index in [2.05, 4.69) is 6.07 Å². The Hall–Kier alpha value is -1.07. The minimum atomic E-state index is -0.453. The van der Waals surface area contributed by atoms with Crippen LogP contribution in [0.4, 0.5) is 4.39 Å². The van der Waals surface area contributed by atoms with Crippen LogP contribution < -0.4 is 0 Å². The van der Waals surface area contributed by atoms with Crippen LogP contribution in [0.3, 0.4) is 0 Å². The van der Waals surface area contributed by atoms with Crippen LogP contribution in [0.2, 0.25) is 5.02 Å². The predicted molar refractivity (Wildman–Crippen MR) is 52.6 cm³/mol. The van der Waals surface area contributed by atoms with Gasteiger partial charge in [-0.15, -0.1) is 0 Å². The zero-order valence-corrected chi connectivity index (χ0v) is 8.31. The molecule has 1 aliphatic rings. The molecule has 1 saturated carbocycles. The molecule has 3 heteroatoms. The highest BCUT2D eigenvalue weighted by Crippen LogP contribution is 2.43. The van der Waals surface area contributed by atoms with Gasteiger partial charge in [-0.05, 0) is 37.0 Å². The van der Waals surface area contributed by atoms with E-state index in [-0.39, 0.29) is 5.02 Å². The lowest BCUT2D eigenvalue weighted by Gasteiger charge is -2.35. The number of benzene rings is 1. The quantitative estimate of drug-likeness (QED) is 0.695. The lowest BCUT2D eigenvalue weighted by Crippen LogP contribution is -2.32. The van der Waals surface area contributed by atoms with Crippen LogP contribution >= 0.6 is 11.6 Å². The summed E-state index contributed by atoms with van der Waals surface area (Å²) in [6.07, 6.45) is 2.69. The zero-order chi connectivity index (χ0) is 10.2. The van der Waals surface area contributed by atoms with Crippen LogP contribution in [0.1, 0.15) is 24.8 Å². The van der Waals surface area contributed by atoms with Gasteiger partial charge in [0.15, 0.2) is 0 Å². The molecule has 0 spiro atoms. The molecule has 0 atom stereocenters. The number of hydrogen-bond acceptors (Lipinski definition) is 1. The minimum Gasteiger partial charge on any atom is -0.205 e. The molecule has 0 heterocycles. The largest absolute Gasteiger partial charge is 0.205 e. The molecule has 1 aliphatic carbocycles. The summed E-state index contributed by atoms with van der Waals surface area (Å²) in [5, 5.41) is 9.16. The second-order valence-corrected chi connectivity index (χ2v) is 4.08. The summed E-state index contributed by atoms with van der Waals surface area (Å²) in [5.41, 5.74) is 0.305. The van der Waals surface area contributed by atoms with E-state index >= 15 is 0 Å². The van der Waals surface area contributed by atoms with Gasteiger partial charge in [0.1, 0.15) is 5.82 Å². The molecule has 0 radical (unpaired) electrons. The highest BCUT2D eigenvalue weighted by Gasteiger charge is 2.39. The normalized spacial score (nSPS) is 18.4. The first-order valence-electron chi connectivity index (χ1n) is 4.55. The molecule has 0 saturated heterocycles. The average Bonchev–Trinajstić information content (AvgIpc) is 2.10. The van der Waals surface area contributed by atoms with Gasteiger partial charge in [0.25, 0.3) is 0 Å².